The van der Waals surface area contributed by atoms with Crippen molar-refractivity contribution in [1.29, 1.82) is 0 Å². The molecule has 0 bridgehead atoms. The zero-order chi connectivity index (χ0) is 10.4. The molecule has 0 aromatic carbocycles. The molecule has 0 aliphatic carbocycles. The predicted octanol–water partition coefficient (Wildman–Crippen LogP) is 1.98. The van der Waals surface area contributed by atoms with Crippen molar-refractivity contribution in [2.45, 2.75) is 12.8 Å². The largest absolute Gasteiger partial charge is 0.352 e. The van der Waals surface area contributed by atoms with Gasteiger partial charge in [-0.2, -0.15) is 0 Å². The fraction of sp³-hybridized carbons (Fsp3) is 0.444. The number of carbonyl (C=O) groups excluding carboxylic acids is 1. The Hall–Kier alpha value is -0.390. The van der Waals surface area contributed by atoms with E-state index in [4.69, 9.17) is 5.73 Å². The van der Waals surface area contributed by atoms with Gasteiger partial charge >= 0.3 is 0 Å². The summed E-state index contributed by atoms with van der Waals surface area (Å²) in [5.74, 6) is -0.0102. The number of carbonyl (C=O) groups is 1. The molecule has 0 aliphatic heterocycles. The van der Waals surface area contributed by atoms with E-state index in [9.17, 15) is 4.79 Å². The second kappa shape index (κ2) is 6.16. The summed E-state index contributed by atoms with van der Waals surface area (Å²) in [6.07, 6.45) is 1.89. The number of hydrogen-bond acceptors (Lipinski definition) is 3. The van der Waals surface area contributed by atoms with E-state index >= 15 is 0 Å². The van der Waals surface area contributed by atoms with Crippen molar-refractivity contribution in [2.24, 2.45) is 5.73 Å². The molecule has 1 aromatic heterocycles. The molecule has 0 saturated heterocycles. The minimum absolute atomic E-state index is 0.0102. The summed E-state index contributed by atoms with van der Waals surface area (Å²) >= 11 is 4.83. The van der Waals surface area contributed by atoms with Crippen LogP contribution in [0.5, 0.6) is 0 Å². The van der Waals surface area contributed by atoms with Crippen LogP contribution >= 0.6 is 27.3 Å². The van der Waals surface area contributed by atoms with E-state index in [1.54, 1.807) is 0 Å². The highest BCUT2D eigenvalue weighted by atomic mass is 79.9. The molecule has 78 valence electrons. The van der Waals surface area contributed by atoms with Gasteiger partial charge in [-0.05, 0) is 41.4 Å². The number of nitrogens with two attached hydrogens (primary N) is 1. The first-order valence-corrected chi connectivity index (χ1v) is 6.13. The van der Waals surface area contributed by atoms with Crippen LogP contribution in [0.25, 0.3) is 0 Å². The molecule has 1 rings (SSSR count). The molecule has 1 amide bonds. The first-order valence-electron chi connectivity index (χ1n) is 4.46. The Kier molecular flexibility index (Phi) is 5.14. The highest BCUT2D eigenvalue weighted by Gasteiger charge is 2.06. The molecule has 1 aromatic rings. The molecule has 0 fully saturated rings. The molecular formula is C9H13BrN2OS. The summed E-state index contributed by atoms with van der Waals surface area (Å²) < 4.78 is 0.976. The second-order valence-corrected chi connectivity index (χ2v) is 5.18. The average Bonchev–Trinajstić information content (AvgIpc) is 2.59. The maximum absolute atomic E-state index is 11.5. The van der Waals surface area contributed by atoms with Gasteiger partial charge < -0.3 is 11.1 Å². The average molecular weight is 277 g/mol. The van der Waals surface area contributed by atoms with E-state index in [1.807, 2.05) is 11.4 Å². The Morgan fingerprint density at radius 3 is 2.93 bits per heavy atom. The quantitative estimate of drug-likeness (QED) is 0.809. The van der Waals surface area contributed by atoms with Gasteiger partial charge in [-0.1, -0.05) is 0 Å². The van der Waals surface area contributed by atoms with E-state index < -0.39 is 0 Å². The van der Waals surface area contributed by atoms with Gasteiger partial charge in [0.1, 0.15) is 0 Å². The topological polar surface area (TPSA) is 55.1 Å². The number of thiophene rings is 1. The highest BCUT2D eigenvalue weighted by Crippen LogP contribution is 2.20. The molecule has 0 aliphatic rings. The van der Waals surface area contributed by atoms with Gasteiger partial charge in [0.25, 0.3) is 5.91 Å². The molecule has 5 heteroatoms. The van der Waals surface area contributed by atoms with Crippen molar-refractivity contribution in [3.63, 3.8) is 0 Å². The fourth-order valence-corrected chi connectivity index (χ4v) is 2.14. The lowest BCUT2D eigenvalue weighted by molar-refractivity contribution is 0.0953. The van der Waals surface area contributed by atoms with Crippen LogP contribution in [-0.4, -0.2) is 19.0 Å². The van der Waals surface area contributed by atoms with Gasteiger partial charge in [0, 0.05) is 11.9 Å². The molecule has 1 heterocycles. The lowest BCUT2D eigenvalue weighted by atomic mass is 10.3. The van der Waals surface area contributed by atoms with E-state index in [0.29, 0.717) is 13.1 Å². The molecule has 0 atom stereocenters. The summed E-state index contributed by atoms with van der Waals surface area (Å²) in [6, 6.07) is 1.82. The minimum atomic E-state index is -0.0102. The summed E-state index contributed by atoms with van der Waals surface area (Å²) in [4.78, 5) is 11.5. The van der Waals surface area contributed by atoms with Crippen LogP contribution in [-0.2, 0) is 0 Å². The number of halogens is 1. The number of hydrogen-bond donors (Lipinski definition) is 2. The minimum Gasteiger partial charge on any atom is -0.352 e. The number of unbranched alkanes of at least 4 members (excludes halogenated alkanes) is 1. The lowest BCUT2D eigenvalue weighted by Gasteiger charge is -2.01. The van der Waals surface area contributed by atoms with Gasteiger partial charge in [0.15, 0.2) is 0 Å². The lowest BCUT2D eigenvalue weighted by Crippen LogP contribution is -2.24. The summed E-state index contributed by atoms with van der Waals surface area (Å²) in [5.41, 5.74) is 6.06. The van der Waals surface area contributed by atoms with Gasteiger partial charge in [-0.25, -0.2) is 0 Å². The Balaban J connectivity index is 2.29. The van der Waals surface area contributed by atoms with E-state index in [2.05, 4.69) is 21.2 Å². The van der Waals surface area contributed by atoms with E-state index in [-0.39, 0.29) is 5.91 Å². The second-order valence-electron chi connectivity index (χ2n) is 2.89. The first-order chi connectivity index (χ1) is 6.74. The fourth-order valence-electron chi connectivity index (χ4n) is 1.00. The maximum atomic E-state index is 11.5. The van der Waals surface area contributed by atoms with Crippen molar-refractivity contribution in [3.8, 4) is 0 Å². The van der Waals surface area contributed by atoms with Crippen LogP contribution in [0.15, 0.2) is 15.2 Å². The Bertz CT molecular complexity index is 301. The van der Waals surface area contributed by atoms with Crippen molar-refractivity contribution in [3.05, 3.63) is 20.8 Å². The summed E-state index contributed by atoms with van der Waals surface area (Å²) in [7, 11) is 0. The Morgan fingerprint density at radius 1 is 1.57 bits per heavy atom. The van der Waals surface area contributed by atoms with Crippen LogP contribution in [0, 0.1) is 0 Å². The van der Waals surface area contributed by atoms with Crippen LogP contribution in [0.4, 0.5) is 0 Å². The van der Waals surface area contributed by atoms with Crippen molar-refractivity contribution in [1.82, 2.24) is 5.32 Å². The van der Waals surface area contributed by atoms with E-state index in [0.717, 1.165) is 22.2 Å². The highest BCUT2D eigenvalue weighted by molar-refractivity contribution is 9.11. The third-order valence-corrected chi connectivity index (χ3v) is 3.25. The Labute approximate surface area is 95.8 Å². The van der Waals surface area contributed by atoms with Crippen molar-refractivity contribution in [2.75, 3.05) is 13.1 Å². The maximum Gasteiger partial charge on any atom is 0.252 e. The summed E-state index contributed by atoms with van der Waals surface area (Å²) in [5, 5.41) is 4.67. The normalized spacial score (nSPS) is 10.1. The third-order valence-electron chi connectivity index (χ3n) is 1.75. The van der Waals surface area contributed by atoms with Crippen LogP contribution in [0.1, 0.15) is 23.2 Å². The number of amides is 1. The SMILES string of the molecule is NCCCCNC(=O)c1csc(Br)c1. The van der Waals surface area contributed by atoms with Gasteiger partial charge in [0.2, 0.25) is 0 Å². The number of rotatable bonds is 5. The Morgan fingerprint density at radius 2 is 2.36 bits per heavy atom. The van der Waals surface area contributed by atoms with Crippen LogP contribution < -0.4 is 11.1 Å². The molecule has 3 nitrogen and oxygen atoms in total. The molecule has 0 spiro atoms. The first kappa shape index (κ1) is 11.7. The zero-order valence-corrected chi connectivity index (χ0v) is 10.2. The smallest absolute Gasteiger partial charge is 0.252 e. The van der Waals surface area contributed by atoms with Crippen LogP contribution in [0.2, 0.25) is 0 Å². The van der Waals surface area contributed by atoms with Crippen molar-refractivity contribution < 1.29 is 4.79 Å². The van der Waals surface area contributed by atoms with Crippen LogP contribution in [0.3, 0.4) is 0 Å². The molecule has 0 unspecified atom stereocenters. The van der Waals surface area contributed by atoms with E-state index in [1.165, 1.54) is 11.3 Å². The molecule has 14 heavy (non-hydrogen) atoms. The molecule has 0 radical (unpaired) electrons. The van der Waals surface area contributed by atoms with Gasteiger partial charge in [-0.15, -0.1) is 11.3 Å². The molecule has 0 saturated carbocycles. The van der Waals surface area contributed by atoms with Crippen molar-refractivity contribution >= 4 is 33.2 Å². The zero-order valence-electron chi connectivity index (χ0n) is 7.75. The van der Waals surface area contributed by atoms with Gasteiger partial charge in [0.05, 0.1) is 9.35 Å². The number of nitrogens with one attached hydrogen (secondary N) is 1. The van der Waals surface area contributed by atoms with Gasteiger partial charge in [-0.3, -0.25) is 4.79 Å². The molecular weight excluding hydrogens is 264 g/mol. The molecule has 3 N–H and O–H groups in total. The standard InChI is InChI=1S/C9H13BrN2OS/c10-8-5-7(6-14-8)9(13)12-4-2-1-3-11/h5-6H,1-4,11H2,(H,12,13). The third kappa shape index (κ3) is 3.77. The monoisotopic (exact) mass is 276 g/mol. The summed E-state index contributed by atoms with van der Waals surface area (Å²) in [6.45, 7) is 1.38. The predicted molar refractivity (Wildman–Crippen MR) is 62.6 cm³/mol.